The third-order valence-corrected chi connectivity index (χ3v) is 4.19. The van der Waals surface area contributed by atoms with Gasteiger partial charge in [0.1, 0.15) is 5.60 Å². The number of amides is 2. The van der Waals surface area contributed by atoms with E-state index in [2.05, 4.69) is 5.32 Å². The molecule has 2 aliphatic rings. The van der Waals surface area contributed by atoms with E-state index in [-0.39, 0.29) is 24.5 Å². The van der Waals surface area contributed by atoms with Crippen molar-refractivity contribution in [2.24, 2.45) is 5.73 Å². The van der Waals surface area contributed by atoms with Crippen LogP contribution in [0.25, 0.3) is 0 Å². The van der Waals surface area contributed by atoms with Gasteiger partial charge < -0.3 is 20.7 Å². The Kier molecular flexibility index (Phi) is 5.32. The predicted molar refractivity (Wildman–Crippen MR) is 84.3 cm³/mol. The summed E-state index contributed by atoms with van der Waals surface area (Å²) in [6.45, 7) is 5.57. The van der Waals surface area contributed by atoms with Crippen molar-refractivity contribution in [2.75, 3.05) is 6.54 Å². The van der Waals surface area contributed by atoms with E-state index in [9.17, 15) is 9.59 Å². The number of hydrogen-bond acceptors (Lipinski definition) is 4. The molecule has 2 aliphatic carbocycles. The monoisotopic (exact) mass is 311 g/mol. The number of hydrogen-bond donors (Lipinski definition) is 2. The van der Waals surface area contributed by atoms with Crippen molar-refractivity contribution in [1.82, 2.24) is 10.2 Å². The lowest BCUT2D eigenvalue weighted by Crippen LogP contribution is -2.57. The predicted octanol–water partition coefficient (Wildman–Crippen LogP) is 1.77. The molecule has 0 saturated heterocycles. The molecule has 22 heavy (non-hydrogen) atoms. The van der Waals surface area contributed by atoms with Gasteiger partial charge in [0.15, 0.2) is 0 Å². The zero-order valence-electron chi connectivity index (χ0n) is 13.9. The third-order valence-electron chi connectivity index (χ3n) is 4.19. The van der Waals surface area contributed by atoms with E-state index in [4.69, 9.17) is 10.5 Å². The number of ether oxygens (including phenoxy) is 1. The van der Waals surface area contributed by atoms with Gasteiger partial charge >= 0.3 is 6.09 Å². The summed E-state index contributed by atoms with van der Waals surface area (Å²) < 4.78 is 5.35. The summed E-state index contributed by atoms with van der Waals surface area (Å²) in [5.74, 6) is -0.00890. The van der Waals surface area contributed by atoms with Crippen LogP contribution in [0.2, 0.25) is 0 Å². The summed E-state index contributed by atoms with van der Waals surface area (Å²) in [6, 6.07) is 0.312. The number of nitrogens with zero attached hydrogens (tertiary/aromatic N) is 1. The van der Waals surface area contributed by atoms with Gasteiger partial charge in [-0.2, -0.15) is 0 Å². The first kappa shape index (κ1) is 17.1. The molecule has 0 radical (unpaired) electrons. The molecule has 2 rings (SSSR count). The standard InChI is InChI=1S/C16H29N3O3/c1-16(2,3)22-15(21)18-12-6-4-5-7-13(12)19(11-8-9-11)14(20)10-17/h11-13H,4-10,17H2,1-3H3,(H,18,21)/t12-,13-/m0/s1. The van der Waals surface area contributed by atoms with Crippen molar-refractivity contribution >= 4 is 12.0 Å². The Bertz CT molecular complexity index is 415. The number of nitrogens with one attached hydrogen (secondary N) is 1. The lowest BCUT2D eigenvalue weighted by Gasteiger charge is -2.40. The second-order valence-electron chi connectivity index (χ2n) is 7.34. The van der Waals surface area contributed by atoms with E-state index < -0.39 is 11.7 Å². The Balaban J connectivity index is 2.03. The first-order chi connectivity index (χ1) is 10.3. The number of nitrogens with two attached hydrogens (primary N) is 1. The van der Waals surface area contributed by atoms with Crippen LogP contribution in [0, 0.1) is 0 Å². The Labute approximate surface area is 132 Å². The van der Waals surface area contributed by atoms with E-state index in [1.165, 1.54) is 0 Å². The van der Waals surface area contributed by atoms with Crippen LogP contribution in [-0.4, -0.2) is 47.2 Å². The van der Waals surface area contributed by atoms with Crippen LogP contribution in [0.4, 0.5) is 4.79 Å². The minimum absolute atomic E-state index is 0.00890. The topological polar surface area (TPSA) is 84.7 Å². The minimum Gasteiger partial charge on any atom is -0.444 e. The zero-order valence-corrected chi connectivity index (χ0v) is 13.9. The number of alkyl carbamates (subject to hydrolysis) is 1. The Morgan fingerprint density at radius 2 is 1.82 bits per heavy atom. The molecule has 0 bridgehead atoms. The highest BCUT2D eigenvalue weighted by Crippen LogP contribution is 2.34. The molecule has 2 fully saturated rings. The van der Waals surface area contributed by atoms with Gasteiger partial charge in [-0.1, -0.05) is 12.8 Å². The van der Waals surface area contributed by atoms with Crippen LogP contribution in [0.3, 0.4) is 0 Å². The van der Waals surface area contributed by atoms with Crippen molar-refractivity contribution in [3.05, 3.63) is 0 Å². The van der Waals surface area contributed by atoms with E-state index in [0.29, 0.717) is 6.04 Å². The van der Waals surface area contributed by atoms with E-state index >= 15 is 0 Å². The van der Waals surface area contributed by atoms with Gasteiger partial charge in [-0.05, 0) is 46.5 Å². The van der Waals surface area contributed by atoms with Crippen molar-refractivity contribution in [3.8, 4) is 0 Å². The van der Waals surface area contributed by atoms with Crippen LogP contribution in [0.15, 0.2) is 0 Å². The quantitative estimate of drug-likeness (QED) is 0.828. The molecule has 0 aromatic carbocycles. The molecule has 0 unspecified atom stereocenters. The maximum absolute atomic E-state index is 12.2. The van der Waals surface area contributed by atoms with Crippen LogP contribution in [0.5, 0.6) is 0 Å². The van der Waals surface area contributed by atoms with Gasteiger partial charge in [-0.25, -0.2) is 4.79 Å². The summed E-state index contributed by atoms with van der Waals surface area (Å²) in [6.07, 6.45) is 5.63. The molecule has 0 heterocycles. The highest BCUT2D eigenvalue weighted by atomic mass is 16.6. The van der Waals surface area contributed by atoms with Gasteiger partial charge in [0.25, 0.3) is 0 Å². The molecule has 6 heteroatoms. The maximum atomic E-state index is 12.2. The number of carbonyl (C=O) groups is 2. The Morgan fingerprint density at radius 1 is 1.18 bits per heavy atom. The second kappa shape index (κ2) is 6.86. The van der Waals surface area contributed by atoms with Crippen molar-refractivity contribution in [3.63, 3.8) is 0 Å². The van der Waals surface area contributed by atoms with Crippen molar-refractivity contribution in [1.29, 1.82) is 0 Å². The molecule has 0 spiro atoms. The Hall–Kier alpha value is -1.30. The zero-order chi connectivity index (χ0) is 16.3. The van der Waals surface area contributed by atoms with E-state index in [1.807, 2.05) is 25.7 Å². The molecule has 2 saturated carbocycles. The second-order valence-corrected chi connectivity index (χ2v) is 7.34. The fourth-order valence-corrected chi connectivity index (χ4v) is 3.19. The average molecular weight is 311 g/mol. The largest absolute Gasteiger partial charge is 0.444 e. The smallest absolute Gasteiger partial charge is 0.407 e. The number of rotatable bonds is 4. The SMILES string of the molecule is CC(C)(C)OC(=O)N[C@H]1CCCC[C@@H]1N(C(=O)CN)C1CC1. The molecular weight excluding hydrogens is 282 g/mol. The first-order valence-electron chi connectivity index (χ1n) is 8.32. The summed E-state index contributed by atoms with van der Waals surface area (Å²) in [4.78, 5) is 26.2. The van der Waals surface area contributed by atoms with E-state index in [1.54, 1.807) is 0 Å². The molecule has 0 aromatic heterocycles. The van der Waals surface area contributed by atoms with Crippen molar-refractivity contribution in [2.45, 2.75) is 83.0 Å². The molecule has 126 valence electrons. The highest BCUT2D eigenvalue weighted by molar-refractivity contribution is 5.79. The summed E-state index contributed by atoms with van der Waals surface area (Å²) in [5.41, 5.74) is 5.06. The molecule has 6 nitrogen and oxygen atoms in total. The van der Waals surface area contributed by atoms with Crippen LogP contribution < -0.4 is 11.1 Å². The fraction of sp³-hybridized carbons (Fsp3) is 0.875. The third kappa shape index (κ3) is 4.60. The molecule has 2 atom stereocenters. The summed E-state index contributed by atoms with van der Waals surface area (Å²) >= 11 is 0. The van der Waals surface area contributed by atoms with Gasteiger partial charge in [-0.3, -0.25) is 4.79 Å². The fourth-order valence-electron chi connectivity index (χ4n) is 3.19. The minimum atomic E-state index is -0.516. The van der Waals surface area contributed by atoms with Gasteiger partial charge in [0.05, 0.1) is 18.6 Å². The molecule has 3 N–H and O–H groups in total. The first-order valence-corrected chi connectivity index (χ1v) is 8.32. The summed E-state index contributed by atoms with van der Waals surface area (Å²) in [7, 11) is 0. The molecular formula is C16H29N3O3. The maximum Gasteiger partial charge on any atom is 0.407 e. The van der Waals surface area contributed by atoms with Crippen LogP contribution in [-0.2, 0) is 9.53 Å². The molecule has 2 amide bonds. The summed E-state index contributed by atoms with van der Waals surface area (Å²) in [5, 5.41) is 2.97. The molecule has 0 aliphatic heterocycles. The number of carbonyl (C=O) groups excluding carboxylic acids is 2. The van der Waals surface area contributed by atoms with Gasteiger partial charge in [0, 0.05) is 6.04 Å². The average Bonchev–Trinajstić information content (AvgIpc) is 3.23. The lowest BCUT2D eigenvalue weighted by molar-refractivity contribution is -0.134. The van der Waals surface area contributed by atoms with Crippen LogP contribution in [0.1, 0.15) is 59.3 Å². The lowest BCUT2D eigenvalue weighted by atomic mass is 9.89. The van der Waals surface area contributed by atoms with Gasteiger partial charge in [0.2, 0.25) is 5.91 Å². The van der Waals surface area contributed by atoms with Crippen LogP contribution >= 0.6 is 0 Å². The van der Waals surface area contributed by atoms with E-state index in [0.717, 1.165) is 38.5 Å². The molecule has 0 aromatic rings. The highest BCUT2D eigenvalue weighted by Gasteiger charge is 2.41. The Morgan fingerprint density at radius 3 is 2.36 bits per heavy atom. The van der Waals surface area contributed by atoms with Gasteiger partial charge in [-0.15, -0.1) is 0 Å². The normalized spacial score (nSPS) is 25.5. The van der Waals surface area contributed by atoms with Crippen molar-refractivity contribution < 1.29 is 14.3 Å².